The second-order valence-corrected chi connectivity index (χ2v) is 4.77. The van der Waals surface area contributed by atoms with Crippen molar-refractivity contribution in [1.82, 2.24) is 15.1 Å². The van der Waals surface area contributed by atoms with Crippen LogP contribution >= 0.6 is 11.6 Å². The summed E-state index contributed by atoms with van der Waals surface area (Å²) in [5, 5.41) is 4.38. The van der Waals surface area contributed by atoms with Gasteiger partial charge < -0.3 is 9.26 Å². The zero-order valence-corrected chi connectivity index (χ0v) is 12.0. The Morgan fingerprint density at radius 3 is 2.90 bits per heavy atom. The first-order valence-corrected chi connectivity index (χ1v) is 6.68. The Labute approximate surface area is 126 Å². The Hall–Kier alpha value is -2.24. The second-order valence-electron chi connectivity index (χ2n) is 4.36. The monoisotopic (exact) mass is 301 g/mol. The molecule has 3 aromatic rings. The van der Waals surface area contributed by atoms with Gasteiger partial charge in [-0.3, -0.25) is 4.98 Å². The summed E-state index contributed by atoms with van der Waals surface area (Å²) >= 11 is 6.23. The first-order chi connectivity index (χ1) is 10.3. The molecule has 6 heteroatoms. The fourth-order valence-electron chi connectivity index (χ4n) is 1.93. The van der Waals surface area contributed by atoms with Crippen LogP contribution in [0.25, 0.3) is 22.7 Å². The van der Waals surface area contributed by atoms with Gasteiger partial charge >= 0.3 is 0 Å². The molecule has 106 valence electrons. The van der Waals surface area contributed by atoms with Crippen LogP contribution < -0.4 is 0 Å². The van der Waals surface area contributed by atoms with Crippen LogP contribution in [0.4, 0.5) is 0 Å². The number of aromatic nitrogens is 3. The molecule has 3 rings (SSSR count). The standard InChI is InChI=1S/C15H12ClN3O2/c1-20-9-14-18-15(21-19-14)11-8-10(5-6-12(11)16)13-4-2-3-7-17-13/h2-8H,9H2,1H3. The predicted molar refractivity (Wildman–Crippen MR) is 78.7 cm³/mol. The minimum atomic E-state index is 0.293. The number of hydrogen-bond acceptors (Lipinski definition) is 5. The summed E-state index contributed by atoms with van der Waals surface area (Å²) in [4.78, 5) is 8.58. The fourth-order valence-corrected chi connectivity index (χ4v) is 2.13. The summed E-state index contributed by atoms with van der Waals surface area (Å²) < 4.78 is 10.2. The third kappa shape index (κ3) is 2.94. The zero-order chi connectivity index (χ0) is 14.7. The van der Waals surface area contributed by atoms with Crippen molar-refractivity contribution in [2.24, 2.45) is 0 Å². The SMILES string of the molecule is COCc1noc(-c2cc(-c3ccccn3)ccc2Cl)n1. The van der Waals surface area contributed by atoms with Crippen molar-refractivity contribution < 1.29 is 9.26 Å². The lowest BCUT2D eigenvalue weighted by Crippen LogP contribution is -1.90. The number of pyridine rings is 1. The molecular formula is C15H12ClN3O2. The van der Waals surface area contributed by atoms with Crippen molar-refractivity contribution >= 4 is 11.6 Å². The third-order valence-electron chi connectivity index (χ3n) is 2.90. The van der Waals surface area contributed by atoms with E-state index in [1.807, 2.05) is 30.3 Å². The van der Waals surface area contributed by atoms with Gasteiger partial charge in [-0.25, -0.2) is 0 Å². The van der Waals surface area contributed by atoms with Crippen molar-refractivity contribution in [2.75, 3.05) is 7.11 Å². The van der Waals surface area contributed by atoms with Gasteiger partial charge in [-0.05, 0) is 24.3 Å². The summed E-state index contributed by atoms with van der Waals surface area (Å²) in [6.07, 6.45) is 1.74. The highest BCUT2D eigenvalue weighted by Crippen LogP contribution is 2.31. The maximum atomic E-state index is 6.23. The lowest BCUT2D eigenvalue weighted by molar-refractivity contribution is 0.174. The van der Waals surface area contributed by atoms with Gasteiger partial charge in [-0.2, -0.15) is 4.98 Å². The number of hydrogen-bond donors (Lipinski definition) is 0. The van der Waals surface area contributed by atoms with Crippen molar-refractivity contribution in [3.8, 4) is 22.7 Å². The molecule has 21 heavy (non-hydrogen) atoms. The summed E-state index contributed by atoms with van der Waals surface area (Å²) in [6, 6.07) is 11.3. The summed E-state index contributed by atoms with van der Waals surface area (Å²) in [7, 11) is 1.57. The van der Waals surface area contributed by atoms with Crippen LogP contribution in [0.1, 0.15) is 5.82 Å². The van der Waals surface area contributed by atoms with Gasteiger partial charge in [0.1, 0.15) is 6.61 Å². The van der Waals surface area contributed by atoms with E-state index < -0.39 is 0 Å². The van der Waals surface area contributed by atoms with E-state index in [1.54, 1.807) is 19.4 Å². The minimum absolute atomic E-state index is 0.293. The van der Waals surface area contributed by atoms with Crippen LogP contribution in [-0.4, -0.2) is 22.2 Å². The maximum absolute atomic E-state index is 6.23. The van der Waals surface area contributed by atoms with Crippen LogP contribution in [0, 0.1) is 0 Å². The second kappa shape index (κ2) is 6.03. The van der Waals surface area contributed by atoms with E-state index in [2.05, 4.69) is 15.1 Å². The number of methoxy groups -OCH3 is 1. The van der Waals surface area contributed by atoms with E-state index in [9.17, 15) is 0 Å². The first kappa shape index (κ1) is 13.7. The molecule has 1 aromatic carbocycles. The molecule has 2 aromatic heterocycles. The number of ether oxygens (including phenoxy) is 1. The van der Waals surface area contributed by atoms with Gasteiger partial charge in [-0.15, -0.1) is 0 Å². The predicted octanol–water partition coefficient (Wildman–Crippen LogP) is 3.60. The molecule has 0 bridgehead atoms. The Kier molecular flexibility index (Phi) is 3.94. The normalized spacial score (nSPS) is 10.8. The first-order valence-electron chi connectivity index (χ1n) is 6.31. The number of halogens is 1. The molecule has 0 saturated heterocycles. The lowest BCUT2D eigenvalue weighted by Gasteiger charge is -2.04. The van der Waals surface area contributed by atoms with E-state index in [0.717, 1.165) is 11.3 Å². The Balaban J connectivity index is 2.01. The molecule has 0 fully saturated rings. The molecule has 0 saturated carbocycles. The van der Waals surface area contributed by atoms with Crippen LogP contribution in [0.2, 0.25) is 5.02 Å². The van der Waals surface area contributed by atoms with Gasteiger partial charge in [0.2, 0.25) is 0 Å². The lowest BCUT2D eigenvalue weighted by atomic mass is 10.1. The van der Waals surface area contributed by atoms with E-state index in [4.69, 9.17) is 20.9 Å². The molecule has 0 N–H and O–H groups in total. The summed E-state index contributed by atoms with van der Waals surface area (Å²) in [5.74, 6) is 0.844. The van der Waals surface area contributed by atoms with Crippen LogP contribution in [0.3, 0.4) is 0 Å². The smallest absolute Gasteiger partial charge is 0.259 e. The molecule has 0 radical (unpaired) electrons. The number of nitrogens with zero attached hydrogens (tertiary/aromatic N) is 3. The quantitative estimate of drug-likeness (QED) is 0.737. The zero-order valence-electron chi connectivity index (χ0n) is 11.3. The average molecular weight is 302 g/mol. The molecule has 0 spiro atoms. The van der Waals surface area contributed by atoms with Crippen LogP contribution in [0.15, 0.2) is 47.1 Å². The molecule has 0 unspecified atom stereocenters. The minimum Gasteiger partial charge on any atom is -0.377 e. The highest BCUT2D eigenvalue weighted by atomic mass is 35.5. The Morgan fingerprint density at radius 1 is 1.24 bits per heavy atom. The fraction of sp³-hybridized carbons (Fsp3) is 0.133. The van der Waals surface area contributed by atoms with Crippen LogP contribution in [-0.2, 0) is 11.3 Å². The largest absolute Gasteiger partial charge is 0.377 e. The molecule has 2 heterocycles. The van der Waals surface area contributed by atoms with Crippen molar-refractivity contribution in [1.29, 1.82) is 0 Å². The van der Waals surface area contributed by atoms with Gasteiger partial charge in [0.25, 0.3) is 5.89 Å². The Bertz CT molecular complexity index is 744. The third-order valence-corrected chi connectivity index (χ3v) is 3.23. The molecular weight excluding hydrogens is 290 g/mol. The van der Waals surface area contributed by atoms with E-state index in [-0.39, 0.29) is 0 Å². The van der Waals surface area contributed by atoms with E-state index in [0.29, 0.717) is 28.9 Å². The van der Waals surface area contributed by atoms with Crippen molar-refractivity contribution in [3.63, 3.8) is 0 Å². The average Bonchev–Trinajstić information content (AvgIpc) is 2.97. The molecule has 0 amide bonds. The van der Waals surface area contributed by atoms with E-state index >= 15 is 0 Å². The highest BCUT2D eigenvalue weighted by molar-refractivity contribution is 6.33. The topological polar surface area (TPSA) is 61.0 Å². The maximum Gasteiger partial charge on any atom is 0.259 e. The molecule has 0 aliphatic heterocycles. The Morgan fingerprint density at radius 2 is 2.14 bits per heavy atom. The van der Waals surface area contributed by atoms with Crippen molar-refractivity contribution in [2.45, 2.75) is 6.61 Å². The van der Waals surface area contributed by atoms with Gasteiger partial charge in [0.05, 0.1) is 16.3 Å². The highest BCUT2D eigenvalue weighted by Gasteiger charge is 2.13. The van der Waals surface area contributed by atoms with E-state index in [1.165, 1.54) is 0 Å². The number of benzene rings is 1. The van der Waals surface area contributed by atoms with Gasteiger partial charge in [0, 0.05) is 18.9 Å². The summed E-state index contributed by atoms with van der Waals surface area (Å²) in [6.45, 7) is 0.293. The molecule has 5 nitrogen and oxygen atoms in total. The summed E-state index contributed by atoms with van der Waals surface area (Å²) in [5.41, 5.74) is 2.46. The van der Waals surface area contributed by atoms with Gasteiger partial charge in [0.15, 0.2) is 5.82 Å². The van der Waals surface area contributed by atoms with Crippen molar-refractivity contribution in [3.05, 3.63) is 53.4 Å². The molecule has 0 aliphatic carbocycles. The molecule has 0 aliphatic rings. The van der Waals surface area contributed by atoms with Crippen LogP contribution in [0.5, 0.6) is 0 Å². The number of rotatable bonds is 4. The van der Waals surface area contributed by atoms with Gasteiger partial charge in [-0.1, -0.05) is 28.9 Å². The molecule has 0 atom stereocenters.